The standard InChI is InChI=1S/C25H17NO3/c27-23(18-10-3-1-4-11-18)21-22-20-14-8-7-9-17(20)15-16-26(22)25(29,24(21)28)19-12-5-2-6-13-19/h1-16,29H. The number of hydrogen-bond donors (Lipinski definition) is 1. The molecule has 0 bridgehead atoms. The van der Waals surface area contributed by atoms with Crippen LogP contribution in [0.2, 0.25) is 0 Å². The average molecular weight is 379 g/mol. The third-order valence-corrected chi connectivity index (χ3v) is 5.43. The van der Waals surface area contributed by atoms with E-state index in [1.54, 1.807) is 54.7 Å². The summed E-state index contributed by atoms with van der Waals surface area (Å²) >= 11 is 0. The molecule has 0 spiro atoms. The molecule has 3 aromatic rings. The summed E-state index contributed by atoms with van der Waals surface area (Å²) in [6.45, 7) is 0. The second-order valence-electron chi connectivity index (χ2n) is 7.06. The number of aliphatic hydroxyl groups is 1. The van der Waals surface area contributed by atoms with Gasteiger partial charge in [-0.15, -0.1) is 0 Å². The van der Waals surface area contributed by atoms with Crippen molar-refractivity contribution in [1.82, 2.24) is 4.90 Å². The maximum absolute atomic E-state index is 13.6. The summed E-state index contributed by atoms with van der Waals surface area (Å²) in [5, 5.41) is 11.6. The van der Waals surface area contributed by atoms with E-state index in [4.69, 9.17) is 0 Å². The smallest absolute Gasteiger partial charge is 0.234 e. The number of carbonyl (C=O) groups is 2. The fourth-order valence-corrected chi connectivity index (χ4v) is 4.02. The number of carbonyl (C=O) groups excluding carboxylic acids is 2. The van der Waals surface area contributed by atoms with Crippen LogP contribution in [0, 0.1) is 0 Å². The van der Waals surface area contributed by atoms with Crippen molar-refractivity contribution in [2.24, 2.45) is 0 Å². The van der Waals surface area contributed by atoms with E-state index in [0.717, 1.165) is 11.1 Å². The van der Waals surface area contributed by atoms with Crippen LogP contribution in [0.5, 0.6) is 0 Å². The van der Waals surface area contributed by atoms with E-state index in [1.165, 1.54) is 4.90 Å². The van der Waals surface area contributed by atoms with Crippen LogP contribution in [0.3, 0.4) is 0 Å². The molecule has 0 saturated heterocycles. The minimum absolute atomic E-state index is 0.000599. The Morgan fingerprint density at radius 2 is 1.45 bits per heavy atom. The number of rotatable bonds is 3. The van der Waals surface area contributed by atoms with Gasteiger partial charge in [0.15, 0.2) is 5.78 Å². The molecule has 0 amide bonds. The van der Waals surface area contributed by atoms with Gasteiger partial charge in [-0.25, -0.2) is 0 Å². The van der Waals surface area contributed by atoms with Gasteiger partial charge in [-0.2, -0.15) is 0 Å². The highest BCUT2D eigenvalue weighted by atomic mass is 16.3. The van der Waals surface area contributed by atoms with Crippen molar-refractivity contribution in [3.8, 4) is 0 Å². The Kier molecular flexibility index (Phi) is 3.83. The Balaban J connectivity index is 1.78. The third-order valence-electron chi connectivity index (χ3n) is 5.43. The number of nitrogens with zero attached hydrogens (tertiary/aromatic N) is 1. The van der Waals surface area contributed by atoms with E-state index in [2.05, 4.69) is 0 Å². The zero-order valence-corrected chi connectivity index (χ0v) is 15.4. The third kappa shape index (κ3) is 2.43. The lowest BCUT2D eigenvalue weighted by Crippen LogP contribution is -2.44. The van der Waals surface area contributed by atoms with Gasteiger partial charge in [-0.3, -0.25) is 9.59 Å². The average Bonchev–Trinajstić information content (AvgIpc) is 3.02. The van der Waals surface area contributed by atoms with E-state index >= 15 is 0 Å². The molecular formula is C25H17NO3. The minimum atomic E-state index is -1.97. The van der Waals surface area contributed by atoms with Crippen LogP contribution < -0.4 is 0 Å². The number of benzene rings is 3. The lowest BCUT2D eigenvalue weighted by molar-refractivity contribution is -0.143. The van der Waals surface area contributed by atoms with Gasteiger partial charge in [0.2, 0.25) is 11.5 Å². The lowest BCUT2D eigenvalue weighted by Gasteiger charge is -2.35. The first-order valence-electron chi connectivity index (χ1n) is 9.36. The summed E-state index contributed by atoms with van der Waals surface area (Å²) in [6, 6.07) is 25.0. The number of ketones is 2. The second kappa shape index (κ2) is 6.40. The molecule has 4 nitrogen and oxygen atoms in total. The first-order valence-corrected chi connectivity index (χ1v) is 9.36. The highest BCUT2D eigenvalue weighted by Gasteiger charge is 2.55. The molecule has 4 heteroatoms. The molecule has 1 unspecified atom stereocenters. The van der Waals surface area contributed by atoms with Crippen molar-refractivity contribution >= 4 is 23.3 Å². The van der Waals surface area contributed by atoms with Crippen molar-refractivity contribution in [3.63, 3.8) is 0 Å². The molecule has 2 aliphatic rings. The van der Waals surface area contributed by atoms with Crippen LogP contribution in [0.4, 0.5) is 0 Å². The predicted octanol–water partition coefficient (Wildman–Crippen LogP) is 3.99. The first-order chi connectivity index (χ1) is 14.1. The molecule has 2 heterocycles. The summed E-state index contributed by atoms with van der Waals surface area (Å²) in [7, 11) is 0. The molecule has 140 valence electrons. The van der Waals surface area contributed by atoms with Crippen molar-refractivity contribution in [2.45, 2.75) is 5.72 Å². The van der Waals surface area contributed by atoms with Crippen LogP contribution in [0.15, 0.2) is 96.7 Å². The van der Waals surface area contributed by atoms with Gasteiger partial charge in [-0.1, -0.05) is 84.9 Å². The molecule has 29 heavy (non-hydrogen) atoms. The van der Waals surface area contributed by atoms with Crippen LogP contribution in [-0.2, 0) is 10.5 Å². The Morgan fingerprint density at radius 3 is 2.17 bits per heavy atom. The molecule has 1 N–H and O–H groups in total. The summed E-state index contributed by atoms with van der Waals surface area (Å²) in [5.74, 6) is -1.01. The molecule has 0 saturated carbocycles. The maximum Gasteiger partial charge on any atom is 0.234 e. The molecule has 0 aromatic heterocycles. The normalized spacial score (nSPS) is 19.9. The minimum Gasteiger partial charge on any atom is -0.360 e. The van der Waals surface area contributed by atoms with Crippen molar-refractivity contribution in [2.75, 3.05) is 0 Å². The van der Waals surface area contributed by atoms with Gasteiger partial charge < -0.3 is 10.0 Å². The van der Waals surface area contributed by atoms with E-state index in [0.29, 0.717) is 16.8 Å². The van der Waals surface area contributed by atoms with E-state index in [-0.39, 0.29) is 5.57 Å². The maximum atomic E-state index is 13.6. The van der Waals surface area contributed by atoms with Crippen LogP contribution in [-0.4, -0.2) is 21.6 Å². The molecule has 5 rings (SSSR count). The van der Waals surface area contributed by atoms with Crippen molar-refractivity contribution < 1.29 is 14.7 Å². The Morgan fingerprint density at radius 1 is 0.828 bits per heavy atom. The van der Waals surface area contributed by atoms with Crippen molar-refractivity contribution in [1.29, 1.82) is 0 Å². The zero-order valence-electron chi connectivity index (χ0n) is 15.4. The lowest BCUT2D eigenvalue weighted by atomic mass is 9.91. The van der Waals surface area contributed by atoms with Crippen molar-refractivity contribution in [3.05, 3.63) is 119 Å². The summed E-state index contributed by atoms with van der Waals surface area (Å²) < 4.78 is 0. The summed E-state index contributed by atoms with van der Waals surface area (Å²) in [5.41, 5.74) is 0.930. The molecular weight excluding hydrogens is 362 g/mol. The fraction of sp³-hybridized carbons (Fsp3) is 0.0400. The highest BCUT2D eigenvalue weighted by molar-refractivity contribution is 6.34. The summed E-state index contributed by atoms with van der Waals surface area (Å²) in [4.78, 5) is 28.5. The monoisotopic (exact) mass is 379 g/mol. The van der Waals surface area contributed by atoms with Gasteiger partial charge in [-0.05, 0) is 11.6 Å². The molecule has 2 aliphatic heterocycles. The van der Waals surface area contributed by atoms with Crippen LogP contribution >= 0.6 is 0 Å². The molecule has 0 aliphatic carbocycles. The number of hydrogen-bond acceptors (Lipinski definition) is 4. The van der Waals surface area contributed by atoms with E-state index in [1.807, 2.05) is 42.5 Å². The first kappa shape index (κ1) is 17.3. The van der Waals surface area contributed by atoms with E-state index < -0.39 is 17.3 Å². The quantitative estimate of drug-likeness (QED) is 0.552. The largest absolute Gasteiger partial charge is 0.360 e. The Bertz CT molecular complexity index is 1200. The van der Waals surface area contributed by atoms with Crippen LogP contribution in [0.25, 0.3) is 11.8 Å². The van der Waals surface area contributed by atoms with Gasteiger partial charge in [0, 0.05) is 22.9 Å². The number of Topliss-reactive ketones (excluding diaryl/α,β-unsaturated/α-hetero) is 2. The van der Waals surface area contributed by atoms with Gasteiger partial charge in [0.05, 0.1) is 11.3 Å². The second-order valence-corrected chi connectivity index (χ2v) is 7.06. The molecule has 1 atom stereocenters. The molecule has 3 aromatic carbocycles. The predicted molar refractivity (Wildman–Crippen MR) is 110 cm³/mol. The molecule has 0 fully saturated rings. The fourth-order valence-electron chi connectivity index (χ4n) is 4.02. The summed E-state index contributed by atoms with van der Waals surface area (Å²) in [6.07, 6.45) is 3.52. The van der Waals surface area contributed by atoms with Gasteiger partial charge in [0.25, 0.3) is 0 Å². The highest BCUT2D eigenvalue weighted by Crippen LogP contribution is 2.48. The van der Waals surface area contributed by atoms with E-state index in [9.17, 15) is 14.7 Å². The van der Waals surface area contributed by atoms with Gasteiger partial charge >= 0.3 is 0 Å². The Hall–Kier alpha value is -3.76. The zero-order chi connectivity index (χ0) is 20.0. The number of fused-ring (bicyclic) bond motifs is 3. The SMILES string of the molecule is O=C(C1=C2c3ccccc3C=CN2C(O)(c2ccccc2)C1=O)c1ccccc1. The topological polar surface area (TPSA) is 57.6 Å². The van der Waals surface area contributed by atoms with Crippen LogP contribution in [0.1, 0.15) is 27.0 Å². The molecule has 0 radical (unpaired) electrons. The Labute approximate surface area is 168 Å². The van der Waals surface area contributed by atoms with Gasteiger partial charge in [0.1, 0.15) is 0 Å².